The van der Waals surface area contributed by atoms with Crippen molar-refractivity contribution in [1.29, 1.82) is 5.26 Å². The quantitative estimate of drug-likeness (QED) is 0.0916. The van der Waals surface area contributed by atoms with Crippen molar-refractivity contribution in [3.63, 3.8) is 0 Å². The summed E-state index contributed by atoms with van der Waals surface area (Å²) in [5, 5.41) is 16.3. The number of fused-ring (bicyclic) bond motifs is 1. The van der Waals surface area contributed by atoms with Crippen molar-refractivity contribution in [3.8, 4) is 12.0 Å². The Morgan fingerprint density at radius 1 is 1.02 bits per heavy atom. The summed E-state index contributed by atoms with van der Waals surface area (Å²) in [6.45, 7) is 12.8. The molecule has 0 amide bonds. The summed E-state index contributed by atoms with van der Waals surface area (Å²) in [5.74, 6) is -2.04. The number of nitrogens with zero attached hydrogens (tertiary/aromatic N) is 4. The Bertz CT molecular complexity index is 1700. The van der Waals surface area contributed by atoms with Crippen molar-refractivity contribution in [2.75, 3.05) is 18.9 Å². The number of aromatic nitrogens is 3. The summed E-state index contributed by atoms with van der Waals surface area (Å²) in [4.78, 5) is 41.4. The third-order valence-corrected chi connectivity index (χ3v) is 8.53. The molecule has 0 saturated heterocycles. The summed E-state index contributed by atoms with van der Waals surface area (Å²) >= 11 is 0. The van der Waals surface area contributed by atoms with Gasteiger partial charge in [-0.3, -0.25) is 18.9 Å². The lowest BCUT2D eigenvalue weighted by atomic mass is 9.87. The first-order valence-corrected chi connectivity index (χ1v) is 16.9. The number of carbonyl (C=O) groups excluding carboxylic acids is 3. The molecule has 16 nitrogen and oxygen atoms in total. The van der Waals surface area contributed by atoms with E-state index in [0.29, 0.717) is 5.52 Å². The second-order valence-corrected chi connectivity index (χ2v) is 14.3. The lowest BCUT2D eigenvalue weighted by molar-refractivity contribution is -0.177. The molecule has 0 radical (unpaired) electrons. The number of nitrogens with one attached hydrogen (secondary N) is 1. The highest BCUT2D eigenvalue weighted by molar-refractivity contribution is 7.52. The summed E-state index contributed by atoms with van der Waals surface area (Å²) in [6, 6.07) is 8.65. The first-order chi connectivity index (χ1) is 22.9. The molecule has 0 aliphatic carbocycles. The number of carbonyl (C=O) groups is 3. The second-order valence-electron chi connectivity index (χ2n) is 12.6. The highest BCUT2D eigenvalue weighted by Gasteiger charge is 2.42. The Labute approximate surface area is 284 Å². The SMILES string of the molecule is CC(=O)O[C@H]([C@@H](COP(=O)(N[C@@H](C)C(=O)OCC(C)C)Oc1ccc(C(C)(C)C)cc1)OC#N)[C@@H](OC(C)=O)c1ccc2c(N)ncnn12. The molecule has 1 unspecified atom stereocenters. The molecule has 3 aromatic rings. The van der Waals surface area contributed by atoms with Crippen LogP contribution in [0.2, 0.25) is 0 Å². The highest BCUT2D eigenvalue weighted by Crippen LogP contribution is 2.46. The van der Waals surface area contributed by atoms with Crippen molar-refractivity contribution >= 4 is 37.0 Å². The van der Waals surface area contributed by atoms with Gasteiger partial charge in [-0.05, 0) is 48.1 Å². The van der Waals surface area contributed by atoms with E-state index in [-0.39, 0.29) is 35.2 Å². The van der Waals surface area contributed by atoms with E-state index in [0.717, 1.165) is 19.4 Å². The number of anilines is 1. The summed E-state index contributed by atoms with van der Waals surface area (Å²) in [7, 11) is -4.50. The minimum atomic E-state index is -4.50. The molecule has 17 heteroatoms. The van der Waals surface area contributed by atoms with Crippen LogP contribution in [-0.4, -0.2) is 64.0 Å². The average Bonchev–Trinajstić information content (AvgIpc) is 3.44. The Balaban J connectivity index is 2.02. The van der Waals surface area contributed by atoms with Crippen molar-refractivity contribution in [1.82, 2.24) is 19.7 Å². The molecule has 5 atom stereocenters. The van der Waals surface area contributed by atoms with E-state index in [1.807, 2.05) is 34.6 Å². The standard InChI is InChI=1S/C32H43N6O10P/c1-19(2)15-43-31(41)20(3)37-49(42,48-24-11-9-23(10-12-24)32(6,7)8)45-16-27(44-17-33)29(47-22(5)40)28(46-21(4)39)25-13-14-26-30(34)35-18-36-38(25)26/h9-14,18-20,27-29H,15-16H2,1-8H3,(H,37,42)(H2,34,35,36)/t20-,27+,28-,29+,49?/m0/s1. The van der Waals surface area contributed by atoms with Crippen molar-refractivity contribution in [2.45, 2.75) is 85.2 Å². The molecular formula is C32H43N6O10P. The first kappa shape index (κ1) is 38.7. The first-order valence-electron chi connectivity index (χ1n) is 15.4. The zero-order chi connectivity index (χ0) is 36.5. The lowest BCUT2D eigenvalue weighted by Gasteiger charge is -2.31. The van der Waals surface area contributed by atoms with E-state index < -0.39 is 56.6 Å². The third kappa shape index (κ3) is 10.9. The maximum Gasteiger partial charge on any atom is 0.459 e. The lowest BCUT2D eigenvalue weighted by Crippen LogP contribution is -2.43. The highest BCUT2D eigenvalue weighted by atomic mass is 31.2. The second kappa shape index (κ2) is 16.6. The van der Waals surface area contributed by atoms with E-state index in [9.17, 15) is 24.2 Å². The van der Waals surface area contributed by atoms with Gasteiger partial charge >= 0.3 is 25.7 Å². The number of hydrogen-bond donors (Lipinski definition) is 2. The molecule has 3 N–H and O–H groups in total. The van der Waals surface area contributed by atoms with E-state index >= 15 is 0 Å². The summed E-state index contributed by atoms with van der Waals surface area (Å²) < 4.78 is 48.9. The van der Waals surface area contributed by atoms with Crippen molar-refractivity contribution < 1.29 is 46.9 Å². The van der Waals surface area contributed by atoms with Gasteiger partial charge in [-0.1, -0.05) is 46.8 Å². The Kier molecular flexibility index (Phi) is 13.1. The van der Waals surface area contributed by atoms with Crippen LogP contribution in [0.15, 0.2) is 42.7 Å². The molecular weight excluding hydrogens is 659 g/mol. The zero-order valence-electron chi connectivity index (χ0n) is 28.7. The Morgan fingerprint density at radius 3 is 2.24 bits per heavy atom. The topological polar surface area (TPSA) is 216 Å². The number of benzene rings is 1. The molecule has 0 saturated carbocycles. The largest absolute Gasteiger partial charge is 0.464 e. The molecule has 3 rings (SSSR count). The van der Waals surface area contributed by atoms with E-state index in [1.54, 1.807) is 30.3 Å². The monoisotopic (exact) mass is 702 g/mol. The third-order valence-electron chi connectivity index (χ3n) is 6.89. The maximum absolute atomic E-state index is 14.3. The van der Waals surface area contributed by atoms with Crippen LogP contribution in [0.1, 0.15) is 72.8 Å². The van der Waals surface area contributed by atoms with Crippen molar-refractivity contribution in [2.24, 2.45) is 5.92 Å². The average molecular weight is 703 g/mol. The van der Waals surface area contributed by atoms with Crippen LogP contribution < -0.4 is 15.3 Å². The molecule has 2 heterocycles. The normalized spacial score (nSPS) is 15.3. The Hall–Kier alpha value is -4.71. The van der Waals surface area contributed by atoms with Crippen LogP contribution in [-0.2, 0) is 47.8 Å². The van der Waals surface area contributed by atoms with E-state index in [2.05, 4.69) is 15.2 Å². The van der Waals surface area contributed by atoms with Gasteiger partial charge in [-0.15, -0.1) is 0 Å². The van der Waals surface area contributed by atoms with Gasteiger partial charge in [0.05, 0.1) is 12.3 Å². The predicted octanol–water partition coefficient (Wildman–Crippen LogP) is 4.39. The number of nitriles is 1. The fourth-order valence-electron chi connectivity index (χ4n) is 4.53. The molecule has 2 aromatic heterocycles. The number of hydrogen-bond acceptors (Lipinski definition) is 14. The molecule has 49 heavy (non-hydrogen) atoms. The fraction of sp³-hybridized carbons (Fsp3) is 0.500. The van der Waals surface area contributed by atoms with E-state index in [1.165, 1.54) is 30.1 Å². The van der Waals surface area contributed by atoms with Gasteiger partial charge in [0.2, 0.25) is 0 Å². The van der Waals surface area contributed by atoms with E-state index in [4.69, 9.17) is 33.7 Å². The smallest absolute Gasteiger partial charge is 0.459 e. The number of rotatable bonds is 16. The van der Waals surface area contributed by atoms with Crippen LogP contribution in [0, 0.1) is 17.4 Å². The van der Waals surface area contributed by atoms with Gasteiger partial charge in [-0.25, -0.2) is 14.1 Å². The summed E-state index contributed by atoms with van der Waals surface area (Å²) in [6.07, 6.45) is -1.86. The van der Waals surface area contributed by atoms with Crippen LogP contribution in [0.25, 0.3) is 5.52 Å². The van der Waals surface area contributed by atoms with Gasteiger partial charge in [0, 0.05) is 13.8 Å². The Morgan fingerprint density at radius 2 is 1.67 bits per heavy atom. The molecule has 0 aliphatic rings. The van der Waals surface area contributed by atoms with Gasteiger partial charge in [0.25, 0.3) is 6.26 Å². The van der Waals surface area contributed by atoms with Gasteiger partial charge in [0.15, 0.2) is 24.1 Å². The van der Waals surface area contributed by atoms with Gasteiger partial charge < -0.3 is 29.2 Å². The molecule has 0 spiro atoms. The van der Waals surface area contributed by atoms with Gasteiger partial charge in [-0.2, -0.15) is 15.4 Å². The number of esters is 3. The van der Waals surface area contributed by atoms with Crippen LogP contribution in [0.5, 0.6) is 5.75 Å². The molecule has 0 bridgehead atoms. The fourth-order valence-corrected chi connectivity index (χ4v) is 6.03. The minimum Gasteiger partial charge on any atom is -0.464 e. The molecule has 0 fully saturated rings. The molecule has 1 aromatic carbocycles. The molecule has 0 aliphatic heterocycles. The van der Waals surface area contributed by atoms with Gasteiger partial charge in [0.1, 0.15) is 30.2 Å². The summed E-state index contributed by atoms with van der Waals surface area (Å²) in [5.41, 5.74) is 7.30. The minimum absolute atomic E-state index is 0.0460. The number of nitrogens with two attached hydrogens (primary N) is 1. The maximum atomic E-state index is 14.3. The van der Waals surface area contributed by atoms with Crippen molar-refractivity contribution in [3.05, 3.63) is 54.0 Å². The van der Waals surface area contributed by atoms with Crippen LogP contribution in [0.3, 0.4) is 0 Å². The number of ether oxygens (including phenoxy) is 4. The zero-order valence-corrected chi connectivity index (χ0v) is 29.6. The van der Waals surface area contributed by atoms with Crippen LogP contribution >= 0.6 is 7.75 Å². The predicted molar refractivity (Wildman–Crippen MR) is 176 cm³/mol. The number of nitrogen functional groups attached to an aromatic ring is 1. The van der Waals surface area contributed by atoms with Crippen LogP contribution in [0.4, 0.5) is 5.82 Å². The molecule has 266 valence electrons.